The van der Waals surface area contributed by atoms with E-state index in [1.807, 2.05) is 0 Å². The summed E-state index contributed by atoms with van der Waals surface area (Å²) in [7, 11) is 0. The molecule has 0 unspecified atom stereocenters. The van der Waals surface area contributed by atoms with Crippen LogP contribution in [-0.2, 0) is 6.61 Å². The summed E-state index contributed by atoms with van der Waals surface area (Å²) in [6.45, 7) is 0.0545. The van der Waals surface area contributed by atoms with Gasteiger partial charge in [-0.1, -0.05) is 22.8 Å². The van der Waals surface area contributed by atoms with E-state index in [2.05, 4.69) is 5.16 Å². The van der Waals surface area contributed by atoms with E-state index >= 15 is 0 Å². The molecule has 0 aliphatic heterocycles. The number of nitrogens with zero attached hydrogens (tertiary/aromatic N) is 1. The highest BCUT2D eigenvalue weighted by atomic mass is 35.5. The quantitative estimate of drug-likeness (QED) is 0.524. The Morgan fingerprint density at radius 1 is 1.21 bits per heavy atom. The smallest absolute Gasteiger partial charge is 0.131 e. The Bertz CT molecular complexity index is 564. The number of hydrogen-bond donors (Lipinski definition) is 1. The van der Waals surface area contributed by atoms with Crippen molar-refractivity contribution < 1.29 is 14.3 Å². The molecule has 0 saturated heterocycles. The summed E-state index contributed by atoms with van der Waals surface area (Å²) in [4.78, 5) is 0. The highest BCUT2D eigenvalue weighted by Crippen LogP contribution is 2.21. The summed E-state index contributed by atoms with van der Waals surface area (Å²) in [6.07, 6.45) is 1.30. The third kappa shape index (κ3) is 3.45. The molecule has 0 aliphatic rings. The van der Waals surface area contributed by atoms with Crippen molar-refractivity contribution in [1.82, 2.24) is 0 Å². The van der Waals surface area contributed by atoms with E-state index in [4.69, 9.17) is 21.5 Å². The van der Waals surface area contributed by atoms with Gasteiger partial charge in [0, 0.05) is 5.56 Å². The summed E-state index contributed by atoms with van der Waals surface area (Å²) < 4.78 is 19.0. The lowest BCUT2D eigenvalue weighted by molar-refractivity contribution is 0.300. The van der Waals surface area contributed by atoms with Crippen LogP contribution >= 0.6 is 11.6 Å². The molecule has 1 N–H and O–H groups in total. The molecule has 0 heterocycles. The van der Waals surface area contributed by atoms with Crippen molar-refractivity contribution in [3.8, 4) is 5.75 Å². The van der Waals surface area contributed by atoms with Gasteiger partial charge in [-0.15, -0.1) is 0 Å². The highest BCUT2D eigenvalue weighted by molar-refractivity contribution is 6.31. The molecule has 0 aliphatic carbocycles. The topological polar surface area (TPSA) is 41.8 Å². The van der Waals surface area contributed by atoms with Crippen LogP contribution in [0.15, 0.2) is 47.6 Å². The second-order valence-electron chi connectivity index (χ2n) is 3.80. The monoisotopic (exact) mass is 279 g/mol. The summed E-state index contributed by atoms with van der Waals surface area (Å²) in [5.41, 5.74) is 1.06. The van der Waals surface area contributed by atoms with E-state index < -0.39 is 5.82 Å². The second kappa shape index (κ2) is 6.20. The third-order valence-electron chi connectivity index (χ3n) is 2.53. The lowest BCUT2D eigenvalue weighted by atomic mass is 10.2. The summed E-state index contributed by atoms with van der Waals surface area (Å²) in [5, 5.41) is 11.6. The molecule has 2 rings (SSSR count). The van der Waals surface area contributed by atoms with E-state index in [0.29, 0.717) is 16.3 Å². The molecule has 0 fully saturated rings. The molecule has 0 radical (unpaired) electrons. The Morgan fingerprint density at radius 2 is 1.95 bits per heavy atom. The van der Waals surface area contributed by atoms with Crippen molar-refractivity contribution in [2.45, 2.75) is 6.61 Å². The van der Waals surface area contributed by atoms with Gasteiger partial charge < -0.3 is 9.94 Å². The predicted molar refractivity (Wildman–Crippen MR) is 71.6 cm³/mol. The minimum Gasteiger partial charge on any atom is -0.489 e. The SMILES string of the molecule is ON=Cc1ccc(OCc2c(F)cccc2Cl)cc1. The van der Waals surface area contributed by atoms with Crippen LogP contribution in [0.25, 0.3) is 0 Å². The third-order valence-corrected chi connectivity index (χ3v) is 2.89. The van der Waals surface area contributed by atoms with Gasteiger partial charge in [-0.3, -0.25) is 0 Å². The van der Waals surface area contributed by atoms with Gasteiger partial charge in [-0.05, 0) is 42.0 Å². The molecule has 19 heavy (non-hydrogen) atoms. The molecular weight excluding hydrogens is 269 g/mol. The van der Waals surface area contributed by atoms with Crippen LogP contribution in [0.3, 0.4) is 0 Å². The Morgan fingerprint density at radius 3 is 2.58 bits per heavy atom. The predicted octanol–water partition coefficient (Wildman–Crippen LogP) is 3.87. The van der Waals surface area contributed by atoms with Crippen LogP contribution in [-0.4, -0.2) is 11.4 Å². The number of oxime groups is 1. The van der Waals surface area contributed by atoms with Gasteiger partial charge in [-0.25, -0.2) is 4.39 Å². The lowest BCUT2D eigenvalue weighted by Crippen LogP contribution is -1.99. The van der Waals surface area contributed by atoms with Crippen LogP contribution in [0.1, 0.15) is 11.1 Å². The number of hydrogen-bond acceptors (Lipinski definition) is 3. The first-order valence-electron chi connectivity index (χ1n) is 5.54. The van der Waals surface area contributed by atoms with Gasteiger partial charge in [0.05, 0.1) is 11.2 Å². The van der Waals surface area contributed by atoms with Crippen LogP contribution < -0.4 is 4.74 Å². The van der Waals surface area contributed by atoms with Crippen molar-refractivity contribution in [3.05, 3.63) is 64.4 Å². The van der Waals surface area contributed by atoms with Gasteiger partial charge in [0.25, 0.3) is 0 Å². The van der Waals surface area contributed by atoms with Gasteiger partial charge in [0.15, 0.2) is 0 Å². The highest BCUT2D eigenvalue weighted by Gasteiger charge is 2.07. The van der Waals surface area contributed by atoms with Crippen molar-refractivity contribution in [2.75, 3.05) is 0 Å². The fourth-order valence-electron chi connectivity index (χ4n) is 1.54. The van der Waals surface area contributed by atoms with Gasteiger partial charge in [0.2, 0.25) is 0 Å². The fraction of sp³-hybridized carbons (Fsp3) is 0.0714. The summed E-state index contributed by atoms with van der Waals surface area (Å²) in [5.74, 6) is 0.186. The Balaban J connectivity index is 2.06. The summed E-state index contributed by atoms with van der Waals surface area (Å²) >= 11 is 5.90. The van der Waals surface area contributed by atoms with Crippen molar-refractivity contribution in [2.24, 2.45) is 5.16 Å². The number of rotatable bonds is 4. The standard InChI is InChI=1S/C14H11ClFNO2/c15-13-2-1-3-14(16)12(13)9-19-11-6-4-10(5-7-11)8-17-18/h1-8,18H,9H2. The van der Waals surface area contributed by atoms with Crippen molar-refractivity contribution in [1.29, 1.82) is 0 Å². The van der Waals surface area contributed by atoms with E-state index in [9.17, 15) is 4.39 Å². The van der Waals surface area contributed by atoms with Crippen LogP contribution in [0.5, 0.6) is 5.75 Å². The Hall–Kier alpha value is -2.07. The average molecular weight is 280 g/mol. The molecule has 0 amide bonds. The Kier molecular flexibility index (Phi) is 4.36. The van der Waals surface area contributed by atoms with Gasteiger partial charge in [-0.2, -0.15) is 0 Å². The number of ether oxygens (including phenoxy) is 1. The molecule has 2 aromatic rings. The lowest BCUT2D eigenvalue weighted by Gasteiger charge is -2.08. The number of benzene rings is 2. The molecule has 0 aromatic heterocycles. The molecule has 3 nitrogen and oxygen atoms in total. The molecule has 0 spiro atoms. The maximum Gasteiger partial charge on any atom is 0.131 e. The minimum atomic E-state index is -0.392. The van der Waals surface area contributed by atoms with E-state index in [-0.39, 0.29) is 6.61 Å². The zero-order valence-corrected chi connectivity index (χ0v) is 10.6. The molecule has 0 bridgehead atoms. The maximum atomic E-state index is 13.5. The normalized spacial score (nSPS) is 10.8. The van der Waals surface area contributed by atoms with Crippen LogP contribution in [0, 0.1) is 5.82 Å². The molecular formula is C14H11ClFNO2. The van der Waals surface area contributed by atoms with E-state index in [1.165, 1.54) is 12.3 Å². The zero-order valence-electron chi connectivity index (χ0n) is 9.88. The Labute approximate surface area is 114 Å². The first-order chi connectivity index (χ1) is 9.20. The van der Waals surface area contributed by atoms with Gasteiger partial charge in [0.1, 0.15) is 18.2 Å². The maximum absolute atomic E-state index is 13.5. The van der Waals surface area contributed by atoms with Crippen LogP contribution in [0.4, 0.5) is 4.39 Å². The van der Waals surface area contributed by atoms with Crippen molar-refractivity contribution in [3.63, 3.8) is 0 Å². The van der Waals surface area contributed by atoms with Crippen molar-refractivity contribution >= 4 is 17.8 Å². The minimum absolute atomic E-state index is 0.0545. The molecule has 98 valence electrons. The van der Waals surface area contributed by atoms with Gasteiger partial charge >= 0.3 is 0 Å². The van der Waals surface area contributed by atoms with E-state index in [1.54, 1.807) is 36.4 Å². The van der Waals surface area contributed by atoms with Crippen LogP contribution in [0.2, 0.25) is 5.02 Å². The first-order valence-corrected chi connectivity index (χ1v) is 5.91. The first kappa shape index (κ1) is 13.4. The number of halogens is 2. The summed E-state index contributed by atoms with van der Waals surface area (Å²) in [6, 6.07) is 11.3. The molecule has 0 atom stereocenters. The molecule has 0 saturated carbocycles. The van der Waals surface area contributed by atoms with E-state index in [0.717, 1.165) is 5.56 Å². The average Bonchev–Trinajstić information content (AvgIpc) is 2.40. The molecule has 2 aromatic carbocycles. The largest absolute Gasteiger partial charge is 0.489 e. The second-order valence-corrected chi connectivity index (χ2v) is 4.21. The fourth-order valence-corrected chi connectivity index (χ4v) is 1.76. The zero-order chi connectivity index (χ0) is 13.7. The molecule has 5 heteroatoms.